The molecule has 0 unspecified atom stereocenters. The topological polar surface area (TPSA) is 176 Å². The third-order valence-electron chi connectivity index (χ3n) is 5.92. The SMILES string of the molecule is C#C.CN.O=CNc1cnccn1.c1c(Nc2nc(N3CCCC3)nc(N3CCOCC3)n2)n[nH]c1C1CC1. The molecule has 3 aromatic rings. The van der Waals surface area contributed by atoms with E-state index in [2.05, 4.69) is 75.2 Å². The van der Waals surface area contributed by atoms with Crippen LogP contribution in [0.4, 0.5) is 29.5 Å². The van der Waals surface area contributed by atoms with Gasteiger partial charge in [-0.2, -0.15) is 20.1 Å². The average Bonchev–Trinajstić information content (AvgIpc) is 3.49. The van der Waals surface area contributed by atoms with Crippen LogP contribution in [0.2, 0.25) is 0 Å². The summed E-state index contributed by atoms with van der Waals surface area (Å²) in [5, 5.41) is 13.1. The highest BCUT2D eigenvalue weighted by Gasteiger charge is 2.26. The number of aromatic nitrogens is 7. The molecule has 14 heteroatoms. The van der Waals surface area contributed by atoms with Crippen LogP contribution in [0.1, 0.15) is 37.3 Å². The lowest BCUT2D eigenvalue weighted by Crippen LogP contribution is -2.38. The van der Waals surface area contributed by atoms with Gasteiger partial charge in [-0.05, 0) is 32.7 Å². The van der Waals surface area contributed by atoms with Crippen molar-refractivity contribution in [1.29, 1.82) is 0 Å². The zero-order valence-corrected chi connectivity index (χ0v) is 22.2. The van der Waals surface area contributed by atoms with Gasteiger partial charge in [-0.15, -0.1) is 12.8 Å². The van der Waals surface area contributed by atoms with Crippen molar-refractivity contribution in [1.82, 2.24) is 35.1 Å². The number of hydrogen-bond donors (Lipinski definition) is 4. The van der Waals surface area contributed by atoms with Crippen molar-refractivity contribution in [2.45, 2.75) is 31.6 Å². The molecule has 3 aromatic heterocycles. The Morgan fingerprint density at radius 1 is 1.00 bits per heavy atom. The molecule has 0 bridgehead atoms. The molecular weight excluding hydrogens is 500 g/mol. The Morgan fingerprint density at radius 3 is 2.26 bits per heavy atom. The number of hydrogen-bond acceptors (Lipinski definition) is 12. The van der Waals surface area contributed by atoms with E-state index in [9.17, 15) is 4.79 Å². The summed E-state index contributed by atoms with van der Waals surface area (Å²) in [6.45, 7) is 5.02. The van der Waals surface area contributed by atoms with E-state index in [4.69, 9.17) is 9.72 Å². The molecule has 5 heterocycles. The molecule has 3 aliphatic rings. The van der Waals surface area contributed by atoms with Crippen LogP contribution in [-0.4, -0.2) is 88.0 Å². The number of nitrogens with two attached hydrogens (primary N) is 1. The molecule has 5 N–H and O–H groups in total. The minimum absolute atomic E-state index is 0.465. The molecule has 14 nitrogen and oxygen atoms in total. The maximum absolute atomic E-state index is 9.80. The van der Waals surface area contributed by atoms with Crippen LogP contribution >= 0.6 is 0 Å². The zero-order valence-electron chi connectivity index (χ0n) is 22.2. The van der Waals surface area contributed by atoms with Crippen LogP contribution < -0.4 is 26.2 Å². The number of nitrogens with one attached hydrogen (secondary N) is 3. The van der Waals surface area contributed by atoms with Crippen molar-refractivity contribution in [3.05, 3.63) is 30.4 Å². The van der Waals surface area contributed by atoms with Gasteiger partial charge in [0, 0.05) is 56.3 Å². The average molecular weight is 537 g/mol. The highest BCUT2D eigenvalue weighted by atomic mass is 16.5. The van der Waals surface area contributed by atoms with E-state index >= 15 is 0 Å². The van der Waals surface area contributed by atoms with Crippen LogP contribution in [0.5, 0.6) is 0 Å². The number of amides is 1. The van der Waals surface area contributed by atoms with E-state index in [1.807, 2.05) is 0 Å². The van der Waals surface area contributed by atoms with Crippen molar-refractivity contribution >= 4 is 35.9 Å². The summed E-state index contributed by atoms with van der Waals surface area (Å²) in [7, 11) is 1.50. The quantitative estimate of drug-likeness (QED) is 0.253. The van der Waals surface area contributed by atoms with Gasteiger partial charge in [-0.1, -0.05) is 0 Å². The summed E-state index contributed by atoms with van der Waals surface area (Å²) in [6, 6.07) is 2.06. The van der Waals surface area contributed by atoms with Crippen LogP contribution in [0, 0.1) is 12.8 Å². The van der Waals surface area contributed by atoms with Gasteiger partial charge in [-0.25, -0.2) is 4.98 Å². The first-order valence-electron chi connectivity index (χ1n) is 12.8. The summed E-state index contributed by atoms with van der Waals surface area (Å²) in [5.74, 6) is 3.88. The molecule has 0 radical (unpaired) electrons. The smallest absolute Gasteiger partial charge is 0.235 e. The van der Waals surface area contributed by atoms with E-state index in [0.717, 1.165) is 37.9 Å². The Hall–Kier alpha value is -4.35. The highest BCUT2D eigenvalue weighted by molar-refractivity contribution is 5.67. The predicted molar refractivity (Wildman–Crippen MR) is 150 cm³/mol. The summed E-state index contributed by atoms with van der Waals surface area (Å²) in [4.78, 5) is 35.7. The van der Waals surface area contributed by atoms with Crippen LogP contribution in [0.15, 0.2) is 24.7 Å². The number of rotatable bonds is 7. The second-order valence-corrected chi connectivity index (χ2v) is 8.51. The lowest BCUT2D eigenvalue weighted by molar-refractivity contribution is -0.105. The van der Waals surface area contributed by atoms with Gasteiger partial charge in [0.15, 0.2) is 11.6 Å². The lowest BCUT2D eigenvalue weighted by atomic mass is 10.3. The van der Waals surface area contributed by atoms with Gasteiger partial charge >= 0.3 is 0 Å². The van der Waals surface area contributed by atoms with Gasteiger partial charge < -0.3 is 30.9 Å². The minimum atomic E-state index is 0.465. The number of ether oxygens (including phenoxy) is 1. The summed E-state index contributed by atoms with van der Waals surface area (Å²) < 4.78 is 5.46. The van der Waals surface area contributed by atoms with Gasteiger partial charge in [-0.3, -0.25) is 14.9 Å². The van der Waals surface area contributed by atoms with Gasteiger partial charge in [0.25, 0.3) is 0 Å². The number of morpholine rings is 1. The molecule has 2 saturated heterocycles. The number of H-pyrrole nitrogens is 1. The number of terminal acetylenes is 1. The lowest BCUT2D eigenvalue weighted by Gasteiger charge is -2.27. The first-order valence-corrected chi connectivity index (χ1v) is 12.8. The summed E-state index contributed by atoms with van der Waals surface area (Å²) in [5.41, 5.74) is 5.69. The molecule has 1 aliphatic carbocycles. The van der Waals surface area contributed by atoms with Gasteiger partial charge in [0.1, 0.15) is 0 Å². The monoisotopic (exact) mass is 536 g/mol. The largest absolute Gasteiger partial charge is 0.378 e. The first kappa shape index (κ1) is 29.2. The van der Waals surface area contributed by atoms with Crippen molar-refractivity contribution < 1.29 is 9.53 Å². The summed E-state index contributed by atoms with van der Waals surface area (Å²) >= 11 is 0. The second kappa shape index (κ2) is 15.8. The van der Waals surface area contributed by atoms with E-state index in [1.54, 1.807) is 0 Å². The van der Waals surface area contributed by atoms with Crippen LogP contribution in [0.25, 0.3) is 0 Å². The standard InChI is InChI=1S/C17H24N8O.C5H5N3O.C2H2.CH5N/c1-2-6-24(5-1)16-19-15(18-14-11-13(22-23-14)12-3-4-12)20-17(21-16)25-7-9-26-10-8-25;9-4-8-5-3-6-1-2-7-5;2*1-2/h11-12H,1-10H2,(H2,18,19,20,21,22,23);1-4H,(H,7,8,9);1-2H;2H2,1H3. The highest BCUT2D eigenvalue weighted by Crippen LogP contribution is 2.39. The van der Waals surface area contributed by atoms with Crippen molar-refractivity contribution in [3.8, 4) is 12.8 Å². The van der Waals surface area contributed by atoms with Crippen LogP contribution in [0.3, 0.4) is 0 Å². The minimum Gasteiger partial charge on any atom is -0.378 e. The molecule has 0 aromatic carbocycles. The molecule has 2 aliphatic heterocycles. The third-order valence-corrected chi connectivity index (χ3v) is 5.92. The molecule has 208 valence electrons. The molecule has 6 rings (SSSR count). The normalized spacial score (nSPS) is 15.9. The Bertz CT molecular complexity index is 1140. The molecule has 0 spiro atoms. The maximum Gasteiger partial charge on any atom is 0.235 e. The Kier molecular flexibility index (Phi) is 11.8. The van der Waals surface area contributed by atoms with E-state index < -0.39 is 0 Å². The zero-order chi connectivity index (χ0) is 27.9. The summed E-state index contributed by atoms with van der Waals surface area (Å²) in [6.07, 6.45) is 17.9. The number of carbonyl (C=O) groups excluding carboxylic acids is 1. The second-order valence-electron chi connectivity index (χ2n) is 8.51. The molecule has 1 saturated carbocycles. The van der Waals surface area contributed by atoms with Crippen molar-refractivity contribution in [3.63, 3.8) is 0 Å². The van der Waals surface area contributed by atoms with Gasteiger partial charge in [0.2, 0.25) is 24.3 Å². The van der Waals surface area contributed by atoms with Crippen molar-refractivity contribution in [2.75, 3.05) is 66.9 Å². The number of aromatic amines is 1. The Balaban J connectivity index is 0.000000273. The Labute approximate surface area is 228 Å². The maximum atomic E-state index is 9.80. The van der Waals surface area contributed by atoms with Crippen molar-refractivity contribution in [2.24, 2.45) is 5.73 Å². The first-order chi connectivity index (χ1) is 19.3. The van der Waals surface area contributed by atoms with Gasteiger partial charge in [0.05, 0.1) is 19.4 Å². The number of carbonyl (C=O) groups is 1. The van der Waals surface area contributed by atoms with Crippen LogP contribution in [-0.2, 0) is 9.53 Å². The number of nitrogens with zero attached hydrogens (tertiary/aromatic N) is 8. The van der Waals surface area contributed by atoms with E-state index in [1.165, 1.54) is 57.0 Å². The fraction of sp³-hybridized carbons (Fsp3) is 0.480. The Morgan fingerprint density at radius 2 is 1.67 bits per heavy atom. The molecule has 1 amide bonds. The molecule has 0 atom stereocenters. The third kappa shape index (κ3) is 8.87. The molecular formula is C25H36N12O2. The predicted octanol–water partition coefficient (Wildman–Crippen LogP) is 1.52. The number of anilines is 5. The molecule has 39 heavy (non-hydrogen) atoms. The van der Waals surface area contributed by atoms with E-state index in [-0.39, 0.29) is 0 Å². The fourth-order valence-electron chi connectivity index (χ4n) is 3.93. The molecule has 3 fully saturated rings. The van der Waals surface area contributed by atoms with E-state index in [0.29, 0.717) is 43.3 Å². The fourth-order valence-corrected chi connectivity index (χ4v) is 3.93.